The fourth-order valence-corrected chi connectivity index (χ4v) is 1.83. The Balaban J connectivity index is 2.13. The second-order valence-electron chi connectivity index (χ2n) is 3.63. The van der Waals surface area contributed by atoms with Crippen LogP contribution in [0.3, 0.4) is 0 Å². The molecular formula is C11H14O3. The third-order valence-electron chi connectivity index (χ3n) is 2.56. The van der Waals surface area contributed by atoms with E-state index >= 15 is 0 Å². The molecule has 0 aliphatic carbocycles. The average Bonchev–Trinajstić information content (AvgIpc) is 2.61. The Labute approximate surface area is 83.4 Å². The van der Waals surface area contributed by atoms with Gasteiger partial charge in [0.2, 0.25) is 0 Å². The standard InChI is InChI=1S/C11H14O3/c1-2-4-10-9(12)5-7-11(14-10)6-3-8-13-11/h2,5,7,10H,1,3-4,6,8H2/t10-,11+/m1/s1. The van der Waals surface area contributed by atoms with Gasteiger partial charge < -0.3 is 9.47 Å². The maximum Gasteiger partial charge on any atom is 0.189 e. The molecule has 0 bridgehead atoms. The molecular weight excluding hydrogens is 180 g/mol. The van der Waals surface area contributed by atoms with Gasteiger partial charge >= 0.3 is 0 Å². The fourth-order valence-electron chi connectivity index (χ4n) is 1.83. The summed E-state index contributed by atoms with van der Waals surface area (Å²) in [6.45, 7) is 4.31. The molecule has 1 saturated heterocycles. The molecule has 0 aromatic carbocycles. The summed E-state index contributed by atoms with van der Waals surface area (Å²) in [6.07, 6.45) is 6.98. The van der Waals surface area contributed by atoms with Crippen LogP contribution in [0.25, 0.3) is 0 Å². The minimum absolute atomic E-state index is 0.00558. The maximum absolute atomic E-state index is 11.4. The first kappa shape index (κ1) is 9.62. The number of ether oxygens (including phenoxy) is 2. The van der Waals surface area contributed by atoms with Gasteiger partial charge in [0.15, 0.2) is 11.6 Å². The van der Waals surface area contributed by atoms with Gasteiger partial charge in [0, 0.05) is 6.42 Å². The molecule has 14 heavy (non-hydrogen) atoms. The van der Waals surface area contributed by atoms with Gasteiger partial charge in [0.1, 0.15) is 6.10 Å². The zero-order valence-corrected chi connectivity index (χ0v) is 8.07. The highest BCUT2D eigenvalue weighted by Crippen LogP contribution is 2.33. The van der Waals surface area contributed by atoms with Gasteiger partial charge in [-0.1, -0.05) is 6.08 Å². The summed E-state index contributed by atoms with van der Waals surface area (Å²) in [5.74, 6) is -0.618. The van der Waals surface area contributed by atoms with Gasteiger partial charge in [-0.05, 0) is 25.0 Å². The summed E-state index contributed by atoms with van der Waals surface area (Å²) in [7, 11) is 0. The van der Waals surface area contributed by atoms with E-state index in [1.54, 1.807) is 18.2 Å². The molecule has 1 fully saturated rings. The van der Waals surface area contributed by atoms with Crippen LogP contribution < -0.4 is 0 Å². The normalized spacial score (nSPS) is 36.6. The van der Waals surface area contributed by atoms with Crippen molar-refractivity contribution in [2.45, 2.75) is 31.2 Å². The lowest BCUT2D eigenvalue weighted by Gasteiger charge is -2.32. The lowest BCUT2D eigenvalue weighted by atomic mass is 10.0. The van der Waals surface area contributed by atoms with E-state index in [2.05, 4.69) is 6.58 Å². The first-order valence-corrected chi connectivity index (χ1v) is 4.91. The number of rotatable bonds is 2. The predicted molar refractivity (Wildman–Crippen MR) is 51.8 cm³/mol. The van der Waals surface area contributed by atoms with E-state index in [1.165, 1.54) is 0 Å². The number of ketones is 1. The molecule has 0 saturated carbocycles. The molecule has 0 amide bonds. The Kier molecular flexibility index (Phi) is 2.52. The van der Waals surface area contributed by atoms with Crippen LogP contribution in [0.4, 0.5) is 0 Å². The first-order valence-electron chi connectivity index (χ1n) is 4.91. The maximum atomic E-state index is 11.4. The Morgan fingerprint density at radius 2 is 2.57 bits per heavy atom. The largest absolute Gasteiger partial charge is 0.346 e. The molecule has 2 aliphatic rings. The number of hydrogen-bond acceptors (Lipinski definition) is 3. The SMILES string of the molecule is C=CC[C@H]1O[C@]2(C=CC1=O)CCCO2. The van der Waals surface area contributed by atoms with E-state index in [0.29, 0.717) is 13.0 Å². The van der Waals surface area contributed by atoms with E-state index in [9.17, 15) is 4.79 Å². The lowest BCUT2D eigenvalue weighted by Crippen LogP contribution is -2.41. The lowest BCUT2D eigenvalue weighted by molar-refractivity contribution is -0.206. The van der Waals surface area contributed by atoms with Gasteiger partial charge in [0.05, 0.1) is 6.61 Å². The highest BCUT2D eigenvalue weighted by Gasteiger charge is 2.40. The van der Waals surface area contributed by atoms with Crippen LogP contribution >= 0.6 is 0 Å². The molecule has 0 radical (unpaired) electrons. The van der Waals surface area contributed by atoms with Gasteiger partial charge in [0.25, 0.3) is 0 Å². The molecule has 2 rings (SSSR count). The second kappa shape index (κ2) is 3.67. The van der Waals surface area contributed by atoms with Crippen molar-refractivity contribution in [3.63, 3.8) is 0 Å². The molecule has 2 heterocycles. The summed E-state index contributed by atoms with van der Waals surface area (Å²) in [5.41, 5.74) is 0. The van der Waals surface area contributed by atoms with E-state index in [-0.39, 0.29) is 5.78 Å². The second-order valence-corrected chi connectivity index (χ2v) is 3.63. The Morgan fingerprint density at radius 3 is 3.21 bits per heavy atom. The predicted octanol–water partition coefficient (Wildman–Crippen LogP) is 1.59. The van der Waals surface area contributed by atoms with E-state index in [1.807, 2.05) is 0 Å². The molecule has 0 aromatic heterocycles. The molecule has 0 unspecified atom stereocenters. The van der Waals surface area contributed by atoms with Crippen LogP contribution in [0.15, 0.2) is 24.8 Å². The molecule has 1 spiro atoms. The summed E-state index contributed by atoms with van der Waals surface area (Å²) < 4.78 is 11.2. The van der Waals surface area contributed by atoms with Crippen molar-refractivity contribution >= 4 is 5.78 Å². The summed E-state index contributed by atoms with van der Waals surface area (Å²) in [5, 5.41) is 0. The monoisotopic (exact) mass is 194 g/mol. The highest BCUT2D eigenvalue weighted by molar-refractivity contribution is 5.94. The number of hydrogen-bond donors (Lipinski definition) is 0. The summed E-state index contributed by atoms with van der Waals surface area (Å²) in [6, 6.07) is 0. The van der Waals surface area contributed by atoms with Crippen molar-refractivity contribution in [1.82, 2.24) is 0 Å². The smallest absolute Gasteiger partial charge is 0.189 e. The van der Waals surface area contributed by atoms with Crippen molar-refractivity contribution in [2.75, 3.05) is 6.61 Å². The topological polar surface area (TPSA) is 35.5 Å². The Bertz CT molecular complexity index is 274. The van der Waals surface area contributed by atoms with Crippen LogP contribution in [0.5, 0.6) is 0 Å². The van der Waals surface area contributed by atoms with Crippen LogP contribution in [0.1, 0.15) is 19.3 Å². The van der Waals surface area contributed by atoms with Crippen LogP contribution in [0.2, 0.25) is 0 Å². The van der Waals surface area contributed by atoms with Crippen molar-refractivity contribution in [2.24, 2.45) is 0 Å². The third kappa shape index (κ3) is 1.65. The van der Waals surface area contributed by atoms with Gasteiger partial charge in [-0.25, -0.2) is 0 Å². The molecule has 76 valence electrons. The van der Waals surface area contributed by atoms with Crippen molar-refractivity contribution in [3.8, 4) is 0 Å². The van der Waals surface area contributed by atoms with Gasteiger partial charge in [-0.2, -0.15) is 0 Å². The number of carbonyl (C=O) groups excluding carboxylic acids is 1. The van der Waals surface area contributed by atoms with Gasteiger partial charge in [-0.3, -0.25) is 4.79 Å². The van der Waals surface area contributed by atoms with E-state index < -0.39 is 11.9 Å². The first-order chi connectivity index (χ1) is 6.76. The van der Waals surface area contributed by atoms with E-state index in [0.717, 1.165) is 12.8 Å². The van der Waals surface area contributed by atoms with Crippen LogP contribution in [-0.2, 0) is 14.3 Å². The average molecular weight is 194 g/mol. The molecule has 2 aliphatic heterocycles. The quantitative estimate of drug-likeness (QED) is 0.626. The Hall–Kier alpha value is -0.930. The van der Waals surface area contributed by atoms with Crippen molar-refractivity contribution in [1.29, 1.82) is 0 Å². The third-order valence-corrected chi connectivity index (χ3v) is 2.56. The molecule has 3 nitrogen and oxygen atoms in total. The van der Waals surface area contributed by atoms with Crippen molar-refractivity contribution < 1.29 is 14.3 Å². The molecule has 0 N–H and O–H groups in total. The van der Waals surface area contributed by atoms with Crippen LogP contribution in [0, 0.1) is 0 Å². The minimum Gasteiger partial charge on any atom is -0.346 e. The Morgan fingerprint density at radius 1 is 1.71 bits per heavy atom. The highest BCUT2D eigenvalue weighted by atomic mass is 16.7. The summed E-state index contributed by atoms with van der Waals surface area (Å²) >= 11 is 0. The zero-order chi connectivity index (χ0) is 10.0. The zero-order valence-electron chi connectivity index (χ0n) is 8.07. The summed E-state index contributed by atoms with van der Waals surface area (Å²) in [4.78, 5) is 11.4. The fraction of sp³-hybridized carbons (Fsp3) is 0.545. The van der Waals surface area contributed by atoms with Crippen LogP contribution in [-0.4, -0.2) is 24.3 Å². The van der Waals surface area contributed by atoms with Crippen molar-refractivity contribution in [3.05, 3.63) is 24.8 Å². The minimum atomic E-state index is -0.623. The number of carbonyl (C=O) groups is 1. The van der Waals surface area contributed by atoms with E-state index in [4.69, 9.17) is 9.47 Å². The molecule has 2 atom stereocenters. The van der Waals surface area contributed by atoms with Gasteiger partial charge in [-0.15, -0.1) is 6.58 Å². The molecule has 0 aromatic rings. The molecule has 3 heteroatoms.